The van der Waals surface area contributed by atoms with Crippen LogP contribution in [0.5, 0.6) is 0 Å². The molecule has 1 aromatic carbocycles. The Morgan fingerprint density at radius 1 is 1.28 bits per heavy atom. The summed E-state index contributed by atoms with van der Waals surface area (Å²) in [5.41, 5.74) is 8.84. The van der Waals surface area contributed by atoms with E-state index in [0.29, 0.717) is 36.5 Å². The van der Waals surface area contributed by atoms with Crippen molar-refractivity contribution in [2.24, 2.45) is 24.5 Å². The maximum atomic E-state index is 13.8. The number of nitrogens with two attached hydrogens (primary N) is 2. The molecule has 2 heterocycles. The van der Waals surface area contributed by atoms with Gasteiger partial charge in [-0.3, -0.25) is 20.1 Å². The number of likely N-dealkylation sites (tertiary alicyclic amines) is 1. The second-order valence-corrected chi connectivity index (χ2v) is 9.17. The van der Waals surface area contributed by atoms with Gasteiger partial charge in [-0.1, -0.05) is 49.7 Å². The first-order chi connectivity index (χ1) is 17.1. The van der Waals surface area contributed by atoms with Crippen LogP contribution in [0.1, 0.15) is 44.7 Å². The van der Waals surface area contributed by atoms with E-state index in [1.165, 1.54) is 17.3 Å². The smallest absolute Gasteiger partial charge is 0.262 e. The Balaban J connectivity index is 0.000000830. The van der Waals surface area contributed by atoms with Crippen molar-refractivity contribution in [1.82, 2.24) is 25.4 Å². The van der Waals surface area contributed by atoms with E-state index in [0.717, 1.165) is 11.3 Å². The number of nitrogens with zero attached hydrogens (tertiary/aromatic N) is 3. The van der Waals surface area contributed by atoms with Crippen LogP contribution in [0.4, 0.5) is 8.78 Å². The van der Waals surface area contributed by atoms with Crippen molar-refractivity contribution < 1.29 is 18.4 Å². The number of rotatable bonds is 8. The zero-order chi connectivity index (χ0) is 26.8. The highest BCUT2D eigenvalue weighted by Crippen LogP contribution is 2.27. The molecule has 0 radical (unpaired) electrons. The van der Waals surface area contributed by atoms with Gasteiger partial charge >= 0.3 is 0 Å². The Morgan fingerprint density at radius 3 is 2.42 bits per heavy atom. The Labute approximate surface area is 214 Å². The molecule has 9 nitrogen and oxygen atoms in total. The van der Waals surface area contributed by atoms with Crippen LogP contribution in [-0.4, -0.2) is 45.5 Å². The van der Waals surface area contributed by atoms with Crippen LogP contribution in [0, 0.1) is 5.92 Å². The number of carbonyl (C=O) groups excluding carboxylic acids is 2. The van der Waals surface area contributed by atoms with Crippen molar-refractivity contribution in [3.8, 4) is 11.3 Å². The molecule has 0 saturated carbocycles. The lowest BCUT2D eigenvalue weighted by molar-refractivity contribution is -0.139. The summed E-state index contributed by atoms with van der Waals surface area (Å²) in [6, 6.07) is 6.03. The molecule has 2 amide bonds. The molecule has 0 bridgehead atoms. The van der Waals surface area contributed by atoms with Crippen LogP contribution in [0.25, 0.3) is 11.3 Å². The highest BCUT2D eigenvalue weighted by Gasteiger charge is 2.36. The van der Waals surface area contributed by atoms with Gasteiger partial charge in [-0.05, 0) is 29.9 Å². The van der Waals surface area contributed by atoms with Gasteiger partial charge in [-0.25, -0.2) is 8.78 Å². The maximum Gasteiger partial charge on any atom is 0.262 e. The maximum absolute atomic E-state index is 13.8. The number of aromatic nitrogens is 2. The fraction of sp³-hybridized carbons (Fsp3) is 0.458. The molecule has 0 aliphatic carbocycles. The monoisotopic (exact) mass is 525 g/mol. The van der Waals surface area contributed by atoms with Gasteiger partial charge in [0.25, 0.3) is 6.43 Å². The third kappa shape index (κ3) is 7.92. The summed E-state index contributed by atoms with van der Waals surface area (Å²) < 4.78 is 29.3. The van der Waals surface area contributed by atoms with Crippen LogP contribution < -0.4 is 22.3 Å². The fourth-order valence-electron chi connectivity index (χ4n) is 3.96. The Kier molecular flexibility index (Phi) is 11.1. The highest BCUT2D eigenvalue weighted by atomic mass is 35.5. The largest absolute Gasteiger partial charge is 0.403 e. The summed E-state index contributed by atoms with van der Waals surface area (Å²) in [6.45, 7) is 4.34. The van der Waals surface area contributed by atoms with E-state index in [2.05, 4.69) is 15.8 Å². The predicted octanol–water partition coefficient (Wildman–Crippen LogP) is 3.08. The van der Waals surface area contributed by atoms with Gasteiger partial charge in [-0.15, -0.1) is 0 Å². The van der Waals surface area contributed by atoms with Crippen molar-refractivity contribution in [3.05, 3.63) is 53.4 Å². The van der Waals surface area contributed by atoms with E-state index in [1.807, 2.05) is 13.8 Å². The molecule has 2 unspecified atom stereocenters. The van der Waals surface area contributed by atoms with Crippen LogP contribution in [0.3, 0.4) is 0 Å². The molecule has 2 atom stereocenters. The topological polar surface area (TPSA) is 131 Å². The Hall–Kier alpha value is -3.18. The average Bonchev–Trinajstić information content (AvgIpc) is 3.44. The minimum Gasteiger partial charge on any atom is -0.403 e. The molecule has 1 aliphatic rings. The lowest BCUT2D eigenvalue weighted by atomic mass is 10.0. The van der Waals surface area contributed by atoms with Crippen LogP contribution in [0.2, 0.25) is 5.15 Å². The van der Waals surface area contributed by atoms with Gasteiger partial charge in [0.1, 0.15) is 12.1 Å². The number of amides is 2. The molecule has 1 aliphatic heterocycles. The number of hydrogen-bond donors (Lipinski definition) is 4. The lowest BCUT2D eigenvalue weighted by Gasteiger charge is -2.27. The molecular formula is C24H34ClF2N7O2. The number of nitrogens with one attached hydrogen (secondary N) is 2. The van der Waals surface area contributed by atoms with E-state index in [9.17, 15) is 18.4 Å². The van der Waals surface area contributed by atoms with Crippen molar-refractivity contribution in [1.29, 1.82) is 0 Å². The van der Waals surface area contributed by atoms with E-state index in [4.69, 9.17) is 23.2 Å². The number of aryl methyl sites for hydroxylation is 1. The zero-order valence-corrected chi connectivity index (χ0v) is 21.4. The standard InChI is InChI=1S/C22H27ClF2N4O2.C2H7N3/c1-13(2)11-19(30)29-10-4-5-16(29)22(31)26-20(21(24)25)15-8-6-14(7-9-15)17-12-18(23)27-28(17)3;3-1-2-5-4/h6-9,12-13,16,20-21H,4-5,10-11H2,1-3H3,(H,26,31);1-2,5H,3-4H2/b;2-1-. The molecule has 198 valence electrons. The molecule has 12 heteroatoms. The molecule has 1 fully saturated rings. The summed E-state index contributed by atoms with van der Waals surface area (Å²) in [6.07, 6.45) is 1.46. The molecule has 36 heavy (non-hydrogen) atoms. The van der Waals surface area contributed by atoms with Gasteiger partial charge < -0.3 is 21.4 Å². The molecule has 0 spiro atoms. The molecular weight excluding hydrogens is 492 g/mol. The van der Waals surface area contributed by atoms with Crippen molar-refractivity contribution in [2.75, 3.05) is 6.54 Å². The van der Waals surface area contributed by atoms with Crippen molar-refractivity contribution >= 4 is 23.4 Å². The summed E-state index contributed by atoms with van der Waals surface area (Å²) in [7, 11) is 1.74. The summed E-state index contributed by atoms with van der Waals surface area (Å²) in [4.78, 5) is 26.8. The van der Waals surface area contributed by atoms with Crippen molar-refractivity contribution in [2.45, 2.75) is 51.6 Å². The van der Waals surface area contributed by atoms with Gasteiger partial charge in [0, 0.05) is 38.5 Å². The van der Waals surface area contributed by atoms with Crippen LogP contribution in [-0.2, 0) is 16.6 Å². The minimum absolute atomic E-state index is 0.111. The normalized spacial score (nSPS) is 16.2. The van der Waals surface area contributed by atoms with Crippen LogP contribution >= 0.6 is 11.6 Å². The fourth-order valence-corrected chi connectivity index (χ4v) is 4.18. The quantitative estimate of drug-likeness (QED) is 0.309. The second kappa shape index (κ2) is 13.8. The second-order valence-electron chi connectivity index (χ2n) is 8.79. The predicted molar refractivity (Wildman–Crippen MR) is 135 cm³/mol. The third-order valence-corrected chi connectivity index (χ3v) is 5.80. The van der Waals surface area contributed by atoms with Crippen molar-refractivity contribution in [3.63, 3.8) is 0 Å². The molecule has 1 saturated heterocycles. The summed E-state index contributed by atoms with van der Waals surface area (Å²) in [5.74, 6) is 4.24. The van der Waals surface area contributed by atoms with E-state index >= 15 is 0 Å². The first-order valence-electron chi connectivity index (χ1n) is 11.6. The Bertz CT molecular complexity index is 1030. The number of benzene rings is 1. The highest BCUT2D eigenvalue weighted by molar-refractivity contribution is 6.29. The number of hydrogen-bond acceptors (Lipinski definition) is 6. The van der Waals surface area contributed by atoms with Gasteiger partial charge in [0.05, 0.1) is 5.69 Å². The number of alkyl halides is 2. The molecule has 1 aromatic heterocycles. The average molecular weight is 526 g/mol. The van der Waals surface area contributed by atoms with Crippen LogP contribution in [0.15, 0.2) is 42.7 Å². The number of carbonyl (C=O) groups is 2. The molecule has 3 rings (SSSR count). The minimum atomic E-state index is -2.79. The first kappa shape index (κ1) is 29.1. The van der Waals surface area contributed by atoms with Gasteiger partial charge in [0.2, 0.25) is 11.8 Å². The Morgan fingerprint density at radius 2 is 1.94 bits per heavy atom. The SMILES string of the molecule is CC(C)CC(=O)N1CCCC1C(=O)NC(c1ccc(-c2cc(Cl)nn2C)cc1)C(F)F.N/C=C\NN. The van der Waals surface area contributed by atoms with Gasteiger partial charge in [0.15, 0.2) is 5.15 Å². The molecule has 6 N–H and O–H groups in total. The summed E-state index contributed by atoms with van der Waals surface area (Å²) >= 11 is 5.91. The summed E-state index contributed by atoms with van der Waals surface area (Å²) in [5, 5.41) is 6.87. The van der Waals surface area contributed by atoms with E-state index < -0.39 is 24.4 Å². The number of halogens is 3. The zero-order valence-electron chi connectivity index (χ0n) is 20.6. The molecule has 2 aromatic rings. The van der Waals surface area contributed by atoms with Gasteiger partial charge in [-0.2, -0.15) is 5.10 Å². The van der Waals surface area contributed by atoms with E-state index in [1.54, 1.807) is 42.1 Å². The number of hydrazine groups is 1. The van der Waals surface area contributed by atoms with E-state index in [-0.39, 0.29) is 11.8 Å². The first-order valence-corrected chi connectivity index (χ1v) is 12.0. The third-order valence-electron chi connectivity index (χ3n) is 5.62. The lowest BCUT2D eigenvalue weighted by Crippen LogP contribution is -2.48.